The number of aliphatic carboxylic acids is 1. The van der Waals surface area contributed by atoms with E-state index >= 15 is 0 Å². The zero-order chi connectivity index (χ0) is 13.4. The van der Waals surface area contributed by atoms with Crippen molar-refractivity contribution in [2.75, 3.05) is 0 Å². The summed E-state index contributed by atoms with van der Waals surface area (Å²) in [7, 11) is 0. The van der Waals surface area contributed by atoms with Crippen molar-refractivity contribution in [1.29, 1.82) is 0 Å². The maximum Gasteiger partial charge on any atom is 0.303 e. The molecule has 0 spiro atoms. The van der Waals surface area contributed by atoms with E-state index in [0.717, 1.165) is 12.8 Å². The van der Waals surface area contributed by atoms with Crippen LogP contribution in [0.4, 0.5) is 0 Å². The summed E-state index contributed by atoms with van der Waals surface area (Å²) in [6.45, 7) is 2.02. The molecule has 0 aliphatic rings. The van der Waals surface area contributed by atoms with Gasteiger partial charge in [-0.15, -0.1) is 0 Å². The fraction of sp³-hybridized carbons (Fsp3) is 0.429. The van der Waals surface area contributed by atoms with Gasteiger partial charge in [-0.25, -0.2) is 0 Å². The smallest absolute Gasteiger partial charge is 0.303 e. The van der Waals surface area contributed by atoms with Gasteiger partial charge in [-0.2, -0.15) is 0 Å². The minimum atomic E-state index is -0.829. The van der Waals surface area contributed by atoms with Gasteiger partial charge in [-0.05, 0) is 25.0 Å². The second kappa shape index (κ2) is 7.48. The minimum absolute atomic E-state index is 0.0705. The van der Waals surface area contributed by atoms with Crippen LogP contribution in [-0.2, 0) is 4.79 Å². The molecule has 1 amide bonds. The standard InChI is InChI=1S/C14H19NO3/c1-2-6-12(9-10-13(16)17)15-14(18)11-7-4-3-5-8-11/h3-5,7-8,12H,2,6,9-10H2,1H3,(H,15,18)(H,16,17). The molecule has 0 aromatic heterocycles. The van der Waals surface area contributed by atoms with Crippen LogP contribution in [-0.4, -0.2) is 23.0 Å². The Balaban J connectivity index is 2.54. The molecule has 0 aliphatic heterocycles. The molecule has 1 unspecified atom stereocenters. The summed E-state index contributed by atoms with van der Waals surface area (Å²) in [5.41, 5.74) is 0.605. The van der Waals surface area contributed by atoms with E-state index in [1.165, 1.54) is 0 Å². The van der Waals surface area contributed by atoms with E-state index in [1.54, 1.807) is 24.3 Å². The number of carbonyl (C=O) groups excluding carboxylic acids is 1. The van der Waals surface area contributed by atoms with E-state index in [0.29, 0.717) is 12.0 Å². The van der Waals surface area contributed by atoms with Gasteiger partial charge in [0.2, 0.25) is 0 Å². The molecule has 0 saturated carbocycles. The summed E-state index contributed by atoms with van der Waals surface area (Å²) in [5.74, 6) is -0.968. The summed E-state index contributed by atoms with van der Waals surface area (Å²) >= 11 is 0. The van der Waals surface area contributed by atoms with Gasteiger partial charge < -0.3 is 10.4 Å². The number of carbonyl (C=O) groups is 2. The van der Waals surface area contributed by atoms with Crippen molar-refractivity contribution in [2.24, 2.45) is 0 Å². The first-order valence-electron chi connectivity index (χ1n) is 6.21. The summed E-state index contributed by atoms with van der Waals surface area (Å²) in [4.78, 5) is 22.5. The first-order valence-corrected chi connectivity index (χ1v) is 6.21. The third-order valence-electron chi connectivity index (χ3n) is 2.71. The highest BCUT2D eigenvalue weighted by Gasteiger charge is 2.14. The van der Waals surface area contributed by atoms with Crippen LogP contribution in [0.2, 0.25) is 0 Å². The number of benzene rings is 1. The van der Waals surface area contributed by atoms with Crippen LogP contribution in [0.15, 0.2) is 30.3 Å². The lowest BCUT2D eigenvalue weighted by Crippen LogP contribution is -2.35. The fourth-order valence-corrected chi connectivity index (χ4v) is 1.79. The molecule has 1 aromatic rings. The maximum atomic E-state index is 11.9. The molecule has 0 saturated heterocycles. The Labute approximate surface area is 107 Å². The van der Waals surface area contributed by atoms with Gasteiger partial charge in [-0.1, -0.05) is 31.5 Å². The van der Waals surface area contributed by atoms with Crippen molar-refractivity contribution in [3.8, 4) is 0 Å². The van der Waals surface area contributed by atoms with E-state index in [-0.39, 0.29) is 18.4 Å². The number of hydrogen-bond acceptors (Lipinski definition) is 2. The van der Waals surface area contributed by atoms with Crippen LogP contribution in [0.3, 0.4) is 0 Å². The second-order valence-corrected chi connectivity index (χ2v) is 4.26. The summed E-state index contributed by atoms with van der Waals surface area (Å²) in [5, 5.41) is 11.6. The molecule has 0 bridgehead atoms. The predicted molar refractivity (Wildman–Crippen MR) is 69.5 cm³/mol. The molecule has 2 N–H and O–H groups in total. The molecule has 4 nitrogen and oxygen atoms in total. The Morgan fingerprint density at radius 1 is 1.22 bits per heavy atom. The Hall–Kier alpha value is -1.84. The third-order valence-corrected chi connectivity index (χ3v) is 2.71. The van der Waals surface area contributed by atoms with Crippen LogP contribution in [0, 0.1) is 0 Å². The monoisotopic (exact) mass is 249 g/mol. The van der Waals surface area contributed by atoms with Gasteiger partial charge in [0.05, 0.1) is 0 Å². The highest BCUT2D eigenvalue weighted by molar-refractivity contribution is 5.94. The van der Waals surface area contributed by atoms with Crippen molar-refractivity contribution in [3.05, 3.63) is 35.9 Å². The highest BCUT2D eigenvalue weighted by Crippen LogP contribution is 2.07. The quantitative estimate of drug-likeness (QED) is 0.780. The van der Waals surface area contributed by atoms with Crippen LogP contribution < -0.4 is 5.32 Å². The zero-order valence-electron chi connectivity index (χ0n) is 10.6. The van der Waals surface area contributed by atoms with Crippen molar-refractivity contribution < 1.29 is 14.7 Å². The number of carboxylic acid groups (broad SMARTS) is 1. The molecular formula is C14H19NO3. The normalized spacial score (nSPS) is 11.8. The molecule has 0 aliphatic carbocycles. The fourth-order valence-electron chi connectivity index (χ4n) is 1.79. The van der Waals surface area contributed by atoms with Gasteiger partial charge in [0.1, 0.15) is 0 Å². The number of carboxylic acids is 1. The SMILES string of the molecule is CCCC(CCC(=O)O)NC(=O)c1ccccc1. The molecule has 0 radical (unpaired) electrons. The molecule has 0 heterocycles. The largest absolute Gasteiger partial charge is 0.481 e. The number of amides is 1. The van der Waals surface area contributed by atoms with E-state index in [9.17, 15) is 9.59 Å². The minimum Gasteiger partial charge on any atom is -0.481 e. The lowest BCUT2D eigenvalue weighted by molar-refractivity contribution is -0.137. The third kappa shape index (κ3) is 4.99. The molecule has 1 aromatic carbocycles. The van der Waals surface area contributed by atoms with Crippen LogP contribution >= 0.6 is 0 Å². The average molecular weight is 249 g/mol. The Kier molecular flexibility index (Phi) is 5.91. The van der Waals surface area contributed by atoms with Gasteiger partial charge in [0, 0.05) is 18.0 Å². The van der Waals surface area contributed by atoms with Crippen molar-refractivity contribution in [2.45, 2.75) is 38.6 Å². The Bertz CT molecular complexity index is 389. The molecule has 1 rings (SSSR count). The Morgan fingerprint density at radius 2 is 1.89 bits per heavy atom. The summed E-state index contributed by atoms with van der Waals surface area (Å²) in [6.07, 6.45) is 2.27. The maximum absolute atomic E-state index is 11.9. The second-order valence-electron chi connectivity index (χ2n) is 4.26. The molecular weight excluding hydrogens is 230 g/mol. The van der Waals surface area contributed by atoms with Crippen molar-refractivity contribution in [3.63, 3.8) is 0 Å². The topological polar surface area (TPSA) is 66.4 Å². The van der Waals surface area contributed by atoms with Gasteiger partial charge in [0.15, 0.2) is 0 Å². The zero-order valence-corrected chi connectivity index (χ0v) is 10.6. The summed E-state index contributed by atoms with van der Waals surface area (Å²) < 4.78 is 0. The van der Waals surface area contributed by atoms with Gasteiger partial charge >= 0.3 is 5.97 Å². The van der Waals surface area contributed by atoms with Gasteiger partial charge in [-0.3, -0.25) is 9.59 Å². The predicted octanol–water partition coefficient (Wildman–Crippen LogP) is 2.45. The molecule has 98 valence electrons. The Morgan fingerprint density at radius 3 is 2.44 bits per heavy atom. The molecule has 1 atom stereocenters. The van der Waals surface area contributed by atoms with Crippen molar-refractivity contribution in [1.82, 2.24) is 5.32 Å². The molecule has 4 heteroatoms. The first-order chi connectivity index (χ1) is 8.63. The van der Waals surface area contributed by atoms with Crippen LogP contribution in [0.5, 0.6) is 0 Å². The van der Waals surface area contributed by atoms with E-state index in [4.69, 9.17) is 5.11 Å². The number of hydrogen-bond donors (Lipinski definition) is 2. The van der Waals surface area contributed by atoms with Crippen LogP contribution in [0.1, 0.15) is 43.0 Å². The number of nitrogens with one attached hydrogen (secondary N) is 1. The van der Waals surface area contributed by atoms with Crippen molar-refractivity contribution >= 4 is 11.9 Å². The summed E-state index contributed by atoms with van der Waals surface area (Å²) in [6, 6.07) is 8.89. The van der Waals surface area contributed by atoms with E-state index < -0.39 is 5.97 Å². The number of rotatable bonds is 7. The lowest BCUT2D eigenvalue weighted by Gasteiger charge is -2.17. The molecule has 0 fully saturated rings. The molecule has 18 heavy (non-hydrogen) atoms. The van der Waals surface area contributed by atoms with E-state index in [1.807, 2.05) is 13.0 Å². The highest BCUT2D eigenvalue weighted by atomic mass is 16.4. The first kappa shape index (κ1) is 14.2. The lowest BCUT2D eigenvalue weighted by atomic mass is 10.1. The van der Waals surface area contributed by atoms with E-state index in [2.05, 4.69) is 5.32 Å². The van der Waals surface area contributed by atoms with Gasteiger partial charge in [0.25, 0.3) is 5.91 Å². The average Bonchev–Trinajstić information content (AvgIpc) is 2.37. The van der Waals surface area contributed by atoms with Crippen LogP contribution in [0.25, 0.3) is 0 Å².